The van der Waals surface area contributed by atoms with Gasteiger partial charge in [0.15, 0.2) is 0 Å². The normalized spacial score (nSPS) is 21.4. The van der Waals surface area contributed by atoms with Gasteiger partial charge in [-0.25, -0.2) is 4.39 Å². The van der Waals surface area contributed by atoms with Crippen molar-refractivity contribution < 1.29 is 9.50 Å². The minimum atomic E-state index is -0.501. The number of allylic oxidation sites excluding steroid dienone is 1. The van der Waals surface area contributed by atoms with Crippen LogP contribution in [0.2, 0.25) is 0 Å². The van der Waals surface area contributed by atoms with Gasteiger partial charge in [-0.2, -0.15) is 0 Å². The van der Waals surface area contributed by atoms with Crippen LogP contribution in [0.15, 0.2) is 24.3 Å². The molecule has 5 N–H and O–H groups in total. The molecule has 0 heterocycles. The number of halogens is 1. The van der Waals surface area contributed by atoms with E-state index in [1.165, 1.54) is 0 Å². The molecule has 140 valence electrons. The molecule has 4 heteroatoms. The number of hydrogen-bond donors (Lipinski definition) is 3. The summed E-state index contributed by atoms with van der Waals surface area (Å²) in [5, 5.41) is 9.71. The molecule has 0 aromatic heterocycles. The zero-order valence-electron chi connectivity index (χ0n) is 15.7. The molecule has 1 fully saturated rings. The van der Waals surface area contributed by atoms with Crippen molar-refractivity contribution in [2.75, 3.05) is 13.1 Å². The summed E-state index contributed by atoms with van der Waals surface area (Å²) in [6.45, 7) is 8.99. The van der Waals surface area contributed by atoms with E-state index in [1.807, 2.05) is 13.8 Å². The Bertz CT molecular complexity index is 577. The Morgan fingerprint density at radius 2 is 1.76 bits per heavy atom. The molecular formula is C21H33FN2O. The lowest BCUT2D eigenvalue weighted by Crippen LogP contribution is -2.35. The molecule has 0 radical (unpaired) electrons. The third-order valence-corrected chi connectivity index (χ3v) is 5.92. The predicted molar refractivity (Wildman–Crippen MR) is 102 cm³/mol. The standard InChI is InChI=1S/C21H33FN2O/c1-14(2)21(8-10-23,9-11-24)20-15(3)12-17(13-19(20)22)16-4-6-18(25)7-5-16/h12-13,16,18,25H,1,4-11,23-24H2,2-3H3. The van der Waals surface area contributed by atoms with Crippen LogP contribution >= 0.6 is 0 Å². The molecule has 1 aromatic rings. The molecule has 2 rings (SSSR count). The number of benzene rings is 1. The Morgan fingerprint density at radius 1 is 1.20 bits per heavy atom. The van der Waals surface area contributed by atoms with E-state index in [0.29, 0.717) is 37.4 Å². The number of aliphatic hydroxyl groups excluding tert-OH is 1. The van der Waals surface area contributed by atoms with Crippen molar-refractivity contribution in [1.29, 1.82) is 0 Å². The smallest absolute Gasteiger partial charge is 0.127 e. The van der Waals surface area contributed by atoms with E-state index in [-0.39, 0.29) is 11.9 Å². The molecule has 25 heavy (non-hydrogen) atoms. The summed E-state index contributed by atoms with van der Waals surface area (Å²) >= 11 is 0. The lowest BCUT2D eigenvalue weighted by Gasteiger charge is -2.37. The van der Waals surface area contributed by atoms with Gasteiger partial charge in [-0.1, -0.05) is 18.2 Å². The summed E-state index contributed by atoms with van der Waals surface area (Å²) < 4.78 is 15.3. The first-order valence-electron chi connectivity index (χ1n) is 9.40. The van der Waals surface area contributed by atoms with Crippen LogP contribution in [-0.4, -0.2) is 24.3 Å². The quantitative estimate of drug-likeness (QED) is 0.658. The van der Waals surface area contributed by atoms with E-state index in [9.17, 15) is 5.11 Å². The lowest BCUT2D eigenvalue weighted by molar-refractivity contribution is 0.122. The fraction of sp³-hybridized carbons (Fsp3) is 0.619. The zero-order chi connectivity index (χ0) is 18.6. The monoisotopic (exact) mass is 348 g/mol. The SMILES string of the molecule is C=C(C)C(CCN)(CCN)c1c(C)cc(C2CCC(O)CC2)cc1F. The number of nitrogens with two attached hydrogens (primary N) is 2. The highest BCUT2D eigenvalue weighted by Gasteiger charge is 2.36. The lowest BCUT2D eigenvalue weighted by atomic mass is 9.68. The van der Waals surface area contributed by atoms with Crippen molar-refractivity contribution >= 4 is 0 Å². The maximum atomic E-state index is 15.3. The van der Waals surface area contributed by atoms with E-state index >= 15 is 4.39 Å². The average Bonchev–Trinajstić information content (AvgIpc) is 2.54. The second-order valence-electron chi connectivity index (χ2n) is 7.64. The van der Waals surface area contributed by atoms with E-state index in [1.54, 1.807) is 6.07 Å². The fourth-order valence-corrected chi connectivity index (χ4v) is 4.53. The second-order valence-corrected chi connectivity index (χ2v) is 7.64. The topological polar surface area (TPSA) is 72.3 Å². The average molecular weight is 349 g/mol. The van der Waals surface area contributed by atoms with Crippen LogP contribution < -0.4 is 11.5 Å². The predicted octanol–water partition coefficient (Wildman–Crippen LogP) is 3.66. The molecule has 0 atom stereocenters. The summed E-state index contributed by atoms with van der Waals surface area (Å²) in [6.07, 6.45) is 4.50. The van der Waals surface area contributed by atoms with Crippen molar-refractivity contribution in [2.45, 2.75) is 69.8 Å². The highest BCUT2D eigenvalue weighted by molar-refractivity contribution is 5.44. The van der Waals surface area contributed by atoms with Gasteiger partial charge in [0.25, 0.3) is 0 Å². The number of aryl methyl sites for hydroxylation is 1. The summed E-state index contributed by atoms with van der Waals surface area (Å²) in [5.41, 5.74) is 14.8. The van der Waals surface area contributed by atoms with Crippen molar-refractivity contribution in [3.05, 3.63) is 46.8 Å². The van der Waals surface area contributed by atoms with Crippen LogP contribution in [0, 0.1) is 12.7 Å². The molecule has 0 bridgehead atoms. The third kappa shape index (κ3) is 4.13. The highest BCUT2D eigenvalue weighted by Crippen LogP contribution is 2.43. The molecule has 3 nitrogen and oxygen atoms in total. The van der Waals surface area contributed by atoms with Crippen molar-refractivity contribution in [3.8, 4) is 0 Å². The number of aliphatic hydroxyl groups is 1. The van der Waals surface area contributed by atoms with Crippen LogP contribution in [0.1, 0.15) is 68.1 Å². The van der Waals surface area contributed by atoms with Gasteiger partial charge in [0.05, 0.1) is 6.10 Å². The van der Waals surface area contributed by atoms with Crippen molar-refractivity contribution in [1.82, 2.24) is 0 Å². The van der Waals surface area contributed by atoms with Crippen LogP contribution in [0.25, 0.3) is 0 Å². The minimum absolute atomic E-state index is 0.175. The summed E-state index contributed by atoms with van der Waals surface area (Å²) in [5.74, 6) is 0.153. The zero-order valence-corrected chi connectivity index (χ0v) is 15.7. The largest absolute Gasteiger partial charge is 0.393 e. The Balaban J connectivity index is 2.45. The Kier molecular flexibility index (Phi) is 6.78. The van der Waals surface area contributed by atoms with Crippen LogP contribution in [-0.2, 0) is 5.41 Å². The van der Waals surface area contributed by atoms with E-state index < -0.39 is 5.41 Å². The summed E-state index contributed by atoms with van der Waals surface area (Å²) in [6, 6.07) is 3.81. The van der Waals surface area contributed by atoms with E-state index in [0.717, 1.165) is 42.4 Å². The van der Waals surface area contributed by atoms with Crippen LogP contribution in [0.4, 0.5) is 4.39 Å². The van der Waals surface area contributed by atoms with Gasteiger partial charge in [0, 0.05) is 11.0 Å². The van der Waals surface area contributed by atoms with Crippen LogP contribution in [0.5, 0.6) is 0 Å². The fourth-order valence-electron chi connectivity index (χ4n) is 4.53. The molecular weight excluding hydrogens is 315 g/mol. The minimum Gasteiger partial charge on any atom is -0.393 e. The maximum absolute atomic E-state index is 15.3. The molecule has 1 saturated carbocycles. The van der Waals surface area contributed by atoms with Gasteiger partial charge < -0.3 is 16.6 Å². The molecule has 0 aliphatic heterocycles. The Hall–Kier alpha value is -1.23. The maximum Gasteiger partial charge on any atom is 0.127 e. The molecule has 1 aliphatic rings. The van der Waals surface area contributed by atoms with Crippen molar-refractivity contribution in [2.24, 2.45) is 11.5 Å². The van der Waals surface area contributed by atoms with Gasteiger partial charge in [-0.15, -0.1) is 0 Å². The van der Waals surface area contributed by atoms with Crippen LogP contribution in [0.3, 0.4) is 0 Å². The Morgan fingerprint density at radius 3 is 2.20 bits per heavy atom. The third-order valence-electron chi connectivity index (χ3n) is 5.92. The molecule has 1 aliphatic carbocycles. The van der Waals surface area contributed by atoms with Gasteiger partial charge in [-0.3, -0.25) is 0 Å². The Labute approximate surface area is 151 Å². The second kappa shape index (κ2) is 8.43. The first kappa shape index (κ1) is 20.1. The first-order chi connectivity index (χ1) is 11.9. The summed E-state index contributed by atoms with van der Waals surface area (Å²) in [7, 11) is 0. The molecule has 0 saturated heterocycles. The molecule has 1 aromatic carbocycles. The number of rotatable bonds is 7. The molecule has 0 spiro atoms. The molecule has 0 unspecified atom stereocenters. The van der Waals surface area contributed by atoms with Gasteiger partial charge in [0.2, 0.25) is 0 Å². The van der Waals surface area contributed by atoms with E-state index in [2.05, 4.69) is 12.6 Å². The van der Waals surface area contributed by atoms with Gasteiger partial charge >= 0.3 is 0 Å². The van der Waals surface area contributed by atoms with Gasteiger partial charge in [0.1, 0.15) is 5.82 Å². The van der Waals surface area contributed by atoms with Gasteiger partial charge in [-0.05, 0) is 88.6 Å². The van der Waals surface area contributed by atoms with Crippen molar-refractivity contribution in [3.63, 3.8) is 0 Å². The highest BCUT2D eigenvalue weighted by atomic mass is 19.1. The molecule has 0 amide bonds. The summed E-state index contributed by atoms with van der Waals surface area (Å²) in [4.78, 5) is 0. The van der Waals surface area contributed by atoms with E-state index in [4.69, 9.17) is 11.5 Å². The number of hydrogen-bond acceptors (Lipinski definition) is 3. The first-order valence-corrected chi connectivity index (χ1v) is 9.40.